The number of carbonyl (C=O) groups excluding carboxylic acids is 2. The standard InChI is InChI=1S/C16H13F3N2O2/c17-16(18,19)14(22)21(15(20)23)13(11-7-3-1-4-8-11)12-9-5-2-6-10-12/h1-10,13H,(H2,20,23). The number of hydrogen-bond acceptors (Lipinski definition) is 2. The lowest BCUT2D eigenvalue weighted by molar-refractivity contribution is -0.183. The van der Waals surface area contributed by atoms with E-state index < -0.39 is 24.2 Å². The molecule has 0 saturated heterocycles. The van der Waals surface area contributed by atoms with E-state index in [4.69, 9.17) is 5.73 Å². The van der Waals surface area contributed by atoms with Crippen molar-refractivity contribution in [1.29, 1.82) is 0 Å². The molecule has 23 heavy (non-hydrogen) atoms. The summed E-state index contributed by atoms with van der Waals surface area (Å²) in [6, 6.07) is 13.1. The third kappa shape index (κ3) is 3.68. The minimum Gasteiger partial charge on any atom is -0.351 e. The number of amides is 3. The lowest BCUT2D eigenvalue weighted by atomic mass is 9.97. The van der Waals surface area contributed by atoms with Gasteiger partial charge in [0.05, 0.1) is 6.04 Å². The van der Waals surface area contributed by atoms with Gasteiger partial charge in [0, 0.05) is 0 Å². The second kappa shape index (κ2) is 6.51. The van der Waals surface area contributed by atoms with Crippen LogP contribution in [0, 0.1) is 0 Å². The number of benzene rings is 2. The fourth-order valence-corrected chi connectivity index (χ4v) is 2.24. The molecule has 0 aliphatic heterocycles. The molecule has 4 nitrogen and oxygen atoms in total. The maximum Gasteiger partial charge on any atom is 0.471 e. The SMILES string of the molecule is NC(=O)N(C(=O)C(F)(F)F)C(c1ccccc1)c1ccccc1. The molecule has 0 unspecified atom stereocenters. The third-order valence-electron chi connectivity index (χ3n) is 3.19. The third-order valence-corrected chi connectivity index (χ3v) is 3.19. The van der Waals surface area contributed by atoms with Gasteiger partial charge in [-0.25, -0.2) is 9.69 Å². The molecule has 0 fully saturated rings. The van der Waals surface area contributed by atoms with E-state index in [1.165, 1.54) is 24.3 Å². The van der Waals surface area contributed by atoms with E-state index in [2.05, 4.69) is 0 Å². The van der Waals surface area contributed by atoms with Crippen LogP contribution < -0.4 is 5.73 Å². The van der Waals surface area contributed by atoms with Crippen LogP contribution in [0.1, 0.15) is 17.2 Å². The molecule has 120 valence electrons. The molecular formula is C16H13F3N2O2. The van der Waals surface area contributed by atoms with E-state index in [1.807, 2.05) is 0 Å². The monoisotopic (exact) mass is 322 g/mol. The van der Waals surface area contributed by atoms with Crippen LogP contribution in [0.3, 0.4) is 0 Å². The van der Waals surface area contributed by atoms with Gasteiger partial charge in [0.25, 0.3) is 0 Å². The van der Waals surface area contributed by atoms with Gasteiger partial charge in [-0.15, -0.1) is 0 Å². The van der Waals surface area contributed by atoms with E-state index in [0.29, 0.717) is 11.1 Å². The maximum absolute atomic E-state index is 12.9. The molecule has 0 saturated carbocycles. The van der Waals surface area contributed by atoms with Crippen LogP contribution in [0.15, 0.2) is 60.7 Å². The normalized spacial score (nSPS) is 11.3. The first-order valence-electron chi connectivity index (χ1n) is 6.62. The minimum absolute atomic E-state index is 0.0324. The van der Waals surface area contributed by atoms with Crippen molar-refractivity contribution >= 4 is 11.9 Å². The summed E-state index contributed by atoms with van der Waals surface area (Å²) in [7, 11) is 0. The van der Waals surface area contributed by atoms with E-state index in [-0.39, 0.29) is 4.90 Å². The van der Waals surface area contributed by atoms with Crippen molar-refractivity contribution in [3.8, 4) is 0 Å². The number of halogens is 3. The Bertz CT molecular complexity index is 648. The molecule has 3 amide bonds. The molecule has 0 heterocycles. The summed E-state index contributed by atoms with van der Waals surface area (Å²) >= 11 is 0. The molecule has 2 aromatic carbocycles. The number of nitrogens with zero attached hydrogens (tertiary/aromatic N) is 1. The largest absolute Gasteiger partial charge is 0.471 e. The number of nitrogens with two attached hydrogens (primary N) is 1. The molecule has 0 aliphatic rings. The van der Waals surface area contributed by atoms with Gasteiger partial charge in [-0.05, 0) is 11.1 Å². The topological polar surface area (TPSA) is 63.4 Å². The van der Waals surface area contributed by atoms with E-state index in [9.17, 15) is 22.8 Å². The van der Waals surface area contributed by atoms with Gasteiger partial charge in [0.1, 0.15) is 0 Å². The van der Waals surface area contributed by atoms with Gasteiger partial charge < -0.3 is 5.73 Å². The average Bonchev–Trinajstić information content (AvgIpc) is 2.52. The Morgan fingerprint density at radius 1 is 0.870 bits per heavy atom. The molecule has 0 aromatic heterocycles. The zero-order valence-electron chi connectivity index (χ0n) is 11.8. The molecule has 0 spiro atoms. The minimum atomic E-state index is -5.21. The Balaban J connectivity index is 2.60. The van der Waals surface area contributed by atoms with Crippen LogP contribution in [-0.2, 0) is 4.79 Å². The van der Waals surface area contributed by atoms with Crippen molar-refractivity contribution in [2.75, 3.05) is 0 Å². The first-order valence-corrected chi connectivity index (χ1v) is 6.62. The number of alkyl halides is 3. The molecule has 0 radical (unpaired) electrons. The molecule has 0 bridgehead atoms. The van der Waals surface area contributed by atoms with Gasteiger partial charge in [-0.3, -0.25) is 4.79 Å². The van der Waals surface area contributed by atoms with Gasteiger partial charge in [-0.1, -0.05) is 60.7 Å². The second-order valence-electron chi connectivity index (χ2n) is 4.74. The predicted octanol–water partition coefficient (Wildman–Crippen LogP) is 3.25. The highest BCUT2D eigenvalue weighted by Gasteiger charge is 2.47. The van der Waals surface area contributed by atoms with Gasteiger partial charge >= 0.3 is 18.1 Å². The van der Waals surface area contributed by atoms with Crippen LogP contribution in [0.25, 0.3) is 0 Å². The van der Waals surface area contributed by atoms with E-state index in [0.717, 1.165) is 0 Å². The van der Waals surface area contributed by atoms with Crippen molar-refractivity contribution in [1.82, 2.24) is 4.90 Å². The summed E-state index contributed by atoms with van der Waals surface area (Å²) in [6.45, 7) is 0. The quantitative estimate of drug-likeness (QED) is 0.943. The summed E-state index contributed by atoms with van der Waals surface area (Å²) in [6.07, 6.45) is -5.21. The molecule has 2 N–H and O–H groups in total. The Morgan fingerprint density at radius 2 is 1.26 bits per heavy atom. The van der Waals surface area contributed by atoms with Crippen LogP contribution in [0.5, 0.6) is 0 Å². The van der Waals surface area contributed by atoms with Crippen molar-refractivity contribution in [3.05, 3.63) is 71.8 Å². The summed E-state index contributed by atoms with van der Waals surface area (Å²) in [5, 5.41) is 0. The number of imide groups is 1. The Hall–Kier alpha value is -2.83. The molecule has 2 rings (SSSR count). The summed E-state index contributed by atoms with van der Waals surface area (Å²) < 4.78 is 38.6. The summed E-state index contributed by atoms with van der Waals surface area (Å²) in [5.41, 5.74) is 5.76. The zero-order chi connectivity index (χ0) is 17.0. The van der Waals surface area contributed by atoms with E-state index >= 15 is 0 Å². The Morgan fingerprint density at radius 3 is 1.57 bits per heavy atom. The van der Waals surface area contributed by atoms with Gasteiger partial charge in [-0.2, -0.15) is 13.2 Å². The highest BCUT2D eigenvalue weighted by atomic mass is 19.4. The van der Waals surface area contributed by atoms with Crippen LogP contribution in [0.2, 0.25) is 0 Å². The van der Waals surface area contributed by atoms with Crippen molar-refractivity contribution < 1.29 is 22.8 Å². The Kier molecular flexibility index (Phi) is 4.68. The molecule has 2 aromatic rings. The highest BCUT2D eigenvalue weighted by molar-refractivity contribution is 5.97. The smallest absolute Gasteiger partial charge is 0.351 e. The predicted molar refractivity (Wildman–Crippen MR) is 77.2 cm³/mol. The van der Waals surface area contributed by atoms with Crippen molar-refractivity contribution in [2.24, 2.45) is 5.73 Å². The van der Waals surface area contributed by atoms with Crippen LogP contribution in [-0.4, -0.2) is 23.0 Å². The molecule has 7 heteroatoms. The van der Waals surface area contributed by atoms with Gasteiger partial charge in [0.2, 0.25) is 0 Å². The van der Waals surface area contributed by atoms with Crippen LogP contribution >= 0.6 is 0 Å². The first kappa shape index (κ1) is 16.5. The number of primary amides is 1. The lowest BCUT2D eigenvalue weighted by Gasteiger charge is -2.30. The highest BCUT2D eigenvalue weighted by Crippen LogP contribution is 2.32. The van der Waals surface area contributed by atoms with Crippen molar-refractivity contribution in [2.45, 2.75) is 12.2 Å². The summed E-state index contributed by atoms with van der Waals surface area (Å²) in [5.74, 6) is -2.30. The fraction of sp³-hybridized carbons (Fsp3) is 0.125. The van der Waals surface area contributed by atoms with Crippen LogP contribution in [0.4, 0.5) is 18.0 Å². The number of hydrogen-bond donors (Lipinski definition) is 1. The van der Waals surface area contributed by atoms with Gasteiger partial charge in [0.15, 0.2) is 0 Å². The lowest BCUT2D eigenvalue weighted by Crippen LogP contribution is -2.49. The number of urea groups is 1. The fourth-order valence-electron chi connectivity index (χ4n) is 2.24. The van der Waals surface area contributed by atoms with E-state index in [1.54, 1.807) is 36.4 Å². The number of rotatable bonds is 3. The maximum atomic E-state index is 12.9. The number of carbonyl (C=O) groups is 2. The molecule has 0 atom stereocenters. The molecule has 0 aliphatic carbocycles. The zero-order valence-corrected chi connectivity index (χ0v) is 11.8. The first-order chi connectivity index (χ1) is 10.8. The Labute approximate surface area is 130 Å². The second-order valence-corrected chi connectivity index (χ2v) is 4.74. The van der Waals surface area contributed by atoms with Crippen molar-refractivity contribution in [3.63, 3.8) is 0 Å². The summed E-state index contributed by atoms with van der Waals surface area (Å²) in [4.78, 5) is 23.3. The average molecular weight is 322 g/mol. The molecular weight excluding hydrogens is 309 g/mol.